The fourth-order valence-corrected chi connectivity index (χ4v) is 8.71. The Morgan fingerprint density at radius 2 is 0.377 bits per heavy atom. The van der Waals surface area contributed by atoms with Crippen molar-refractivity contribution in [3.63, 3.8) is 0 Å². The smallest absolute Gasteiger partial charge is 0.409 e. The van der Waals surface area contributed by atoms with Crippen molar-refractivity contribution in [3.8, 4) is 34.5 Å². The second-order valence-electron chi connectivity index (χ2n) is 15.0. The lowest BCUT2D eigenvalue weighted by atomic mass is 9.78. The fourth-order valence-electron chi connectivity index (χ4n) is 6.72. The molecule has 6 nitrogen and oxygen atoms in total. The zero-order chi connectivity index (χ0) is 36.8. The van der Waals surface area contributed by atoms with Crippen LogP contribution in [0.1, 0.15) is 74.9 Å². The van der Waals surface area contributed by atoms with E-state index in [-0.39, 0.29) is 16.2 Å². The maximum absolute atomic E-state index is 6.47. The SMILES string of the molecule is CC1(C)c2ccc(cc2)OP2Oc3ccc(cc3)C(C)(C)c3ccc(cc3)OP(Oc3ccc1cc3)Oc1ccc(cc1)C(C)(C)c1ccc(cc1)O2. The van der Waals surface area contributed by atoms with Crippen molar-refractivity contribution >= 4 is 17.2 Å². The Labute approximate surface area is 314 Å². The van der Waals surface area contributed by atoms with E-state index in [2.05, 4.69) is 114 Å². The lowest BCUT2D eigenvalue weighted by Gasteiger charge is -2.28. The van der Waals surface area contributed by atoms with Gasteiger partial charge in [0, 0.05) is 16.2 Å². The molecule has 0 spiro atoms. The quantitative estimate of drug-likeness (QED) is 0.145. The van der Waals surface area contributed by atoms with Crippen molar-refractivity contribution < 1.29 is 27.1 Å². The van der Waals surface area contributed by atoms with Crippen molar-refractivity contribution in [2.24, 2.45) is 0 Å². The molecular formula is C45H42O6P2. The first-order chi connectivity index (χ1) is 25.4. The zero-order valence-corrected chi connectivity index (χ0v) is 32.5. The second kappa shape index (κ2) is 13.8. The standard InChI is InChI=1S/C45H42O6P2/c1-43(2)31-7-19-37(20-8-31)46-52-48-39-23-11-33(12-24-39)44(3,4)34-13-25-40(26-14-34)49-53(47-38-21-9-32(43)10-22-38)51-42-29-17-36(18-30-42)45(5,6)35-15-27-41(50-52)28-16-35/h7-30H,1-6H3. The summed E-state index contributed by atoms with van der Waals surface area (Å²) in [5, 5.41) is 0. The van der Waals surface area contributed by atoms with Crippen LogP contribution in [-0.2, 0) is 16.2 Å². The third kappa shape index (κ3) is 7.19. The molecule has 0 amide bonds. The zero-order valence-electron chi connectivity index (χ0n) is 30.7. The van der Waals surface area contributed by atoms with E-state index in [1.807, 2.05) is 72.8 Å². The normalized spacial score (nSPS) is 19.4. The molecule has 27 rings (SSSR count). The van der Waals surface area contributed by atoms with Crippen LogP contribution in [0.2, 0.25) is 0 Å². The van der Waals surface area contributed by atoms with Gasteiger partial charge in [0.25, 0.3) is 0 Å². The summed E-state index contributed by atoms with van der Waals surface area (Å²) in [6.45, 7) is 13.2. The fraction of sp³-hybridized carbons (Fsp3) is 0.200. The first kappa shape index (κ1) is 35.0. The first-order valence-corrected chi connectivity index (χ1v) is 19.9. The van der Waals surface area contributed by atoms with E-state index in [4.69, 9.17) is 27.1 Å². The lowest BCUT2D eigenvalue weighted by Crippen LogP contribution is -2.19. The topological polar surface area (TPSA) is 55.4 Å². The number of benzene rings is 6. The molecule has 21 heterocycles. The molecular weight excluding hydrogens is 698 g/mol. The maximum atomic E-state index is 6.47. The molecule has 0 aromatic heterocycles. The van der Waals surface area contributed by atoms with Crippen LogP contribution in [0, 0.1) is 0 Å². The summed E-state index contributed by atoms with van der Waals surface area (Å²) in [6, 6.07) is 48.8. The van der Waals surface area contributed by atoms with Crippen LogP contribution in [0.25, 0.3) is 0 Å². The summed E-state index contributed by atoms with van der Waals surface area (Å²) in [7, 11) is -3.75. The molecule has 0 atom stereocenters. The van der Waals surface area contributed by atoms with Gasteiger partial charge in [-0.15, -0.1) is 0 Å². The average Bonchev–Trinajstić information content (AvgIpc) is 3.15. The average molecular weight is 741 g/mol. The van der Waals surface area contributed by atoms with Crippen LogP contribution in [0.15, 0.2) is 146 Å². The van der Waals surface area contributed by atoms with Gasteiger partial charge in [0.05, 0.1) is 0 Å². The van der Waals surface area contributed by atoms with E-state index in [1.54, 1.807) is 0 Å². The molecule has 0 unspecified atom stereocenters. The van der Waals surface area contributed by atoms with Crippen molar-refractivity contribution in [1.29, 1.82) is 0 Å². The minimum atomic E-state index is -1.88. The van der Waals surface area contributed by atoms with Crippen LogP contribution in [0.4, 0.5) is 0 Å². The largest absolute Gasteiger partial charge is 0.530 e. The summed E-state index contributed by atoms with van der Waals surface area (Å²) in [4.78, 5) is 0. The first-order valence-electron chi connectivity index (χ1n) is 17.7. The molecule has 0 radical (unpaired) electrons. The van der Waals surface area contributed by atoms with Crippen molar-refractivity contribution in [1.82, 2.24) is 0 Å². The minimum absolute atomic E-state index is 0.303. The molecule has 268 valence electrons. The molecule has 0 aliphatic carbocycles. The second-order valence-corrected chi connectivity index (χ2v) is 17.0. The van der Waals surface area contributed by atoms with Crippen LogP contribution >= 0.6 is 17.2 Å². The van der Waals surface area contributed by atoms with Crippen LogP contribution in [0.3, 0.4) is 0 Å². The van der Waals surface area contributed by atoms with E-state index >= 15 is 0 Å². The predicted octanol–water partition coefficient (Wildman–Crippen LogP) is 12.8. The third-order valence-electron chi connectivity index (χ3n) is 10.5. The summed E-state index contributed by atoms with van der Waals surface area (Å²) in [5.74, 6) is 3.91. The highest BCUT2D eigenvalue weighted by Gasteiger charge is 2.29. The summed E-state index contributed by atoms with van der Waals surface area (Å²) < 4.78 is 38.8. The number of hydrogen-bond acceptors (Lipinski definition) is 6. The Bertz CT molecular complexity index is 1770. The van der Waals surface area contributed by atoms with Gasteiger partial charge < -0.3 is 27.1 Å². The molecule has 0 fully saturated rings. The Balaban J connectivity index is 1.28. The monoisotopic (exact) mass is 740 g/mol. The predicted molar refractivity (Wildman–Crippen MR) is 213 cm³/mol. The maximum Gasteiger partial charge on any atom is 0.530 e. The van der Waals surface area contributed by atoms with Gasteiger partial charge in [0.2, 0.25) is 0 Å². The number of rotatable bonds is 0. The van der Waals surface area contributed by atoms with Crippen molar-refractivity contribution in [2.75, 3.05) is 0 Å². The number of hydrogen-bond donors (Lipinski definition) is 0. The molecule has 21 aliphatic rings. The molecule has 8 heteroatoms. The van der Waals surface area contributed by atoms with E-state index in [9.17, 15) is 0 Å². The van der Waals surface area contributed by atoms with Gasteiger partial charge in [-0.3, -0.25) is 0 Å². The van der Waals surface area contributed by atoms with Gasteiger partial charge in [-0.25, -0.2) is 0 Å². The molecule has 6 aromatic rings. The van der Waals surface area contributed by atoms with Gasteiger partial charge >= 0.3 is 17.2 Å². The van der Waals surface area contributed by atoms with Crippen LogP contribution in [0.5, 0.6) is 34.5 Å². The highest BCUT2D eigenvalue weighted by molar-refractivity contribution is 7.43. The molecule has 53 heavy (non-hydrogen) atoms. The van der Waals surface area contributed by atoms with Gasteiger partial charge in [0.15, 0.2) is 0 Å². The van der Waals surface area contributed by atoms with Crippen LogP contribution in [-0.4, -0.2) is 0 Å². The molecule has 0 N–H and O–H groups in total. The third-order valence-corrected chi connectivity index (χ3v) is 12.7. The summed E-state index contributed by atoms with van der Waals surface area (Å²) in [6.07, 6.45) is 0. The highest BCUT2D eigenvalue weighted by atomic mass is 31.2. The van der Waals surface area contributed by atoms with Crippen molar-refractivity contribution in [3.05, 3.63) is 179 Å². The molecule has 0 saturated heterocycles. The summed E-state index contributed by atoms with van der Waals surface area (Å²) in [5.41, 5.74) is 5.87. The van der Waals surface area contributed by atoms with E-state index in [1.165, 1.54) is 0 Å². The van der Waals surface area contributed by atoms with E-state index in [0.29, 0.717) is 34.5 Å². The van der Waals surface area contributed by atoms with Gasteiger partial charge in [-0.05, 0) is 106 Å². The Morgan fingerprint density at radius 3 is 0.509 bits per heavy atom. The minimum Gasteiger partial charge on any atom is -0.409 e. The van der Waals surface area contributed by atoms with E-state index in [0.717, 1.165) is 33.4 Å². The highest BCUT2D eigenvalue weighted by Crippen LogP contribution is 2.47. The van der Waals surface area contributed by atoms with E-state index < -0.39 is 17.2 Å². The Hall–Kier alpha value is -5.02. The van der Waals surface area contributed by atoms with Crippen molar-refractivity contribution in [2.45, 2.75) is 57.8 Å². The van der Waals surface area contributed by atoms with Crippen LogP contribution < -0.4 is 27.1 Å². The Morgan fingerprint density at radius 1 is 0.245 bits per heavy atom. The molecule has 21 aliphatic heterocycles. The molecule has 14 bridgehead atoms. The van der Waals surface area contributed by atoms with Gasteiger partial charge in [0.1, 0.15) is 34.5 Å². The van der Waals surface area contributed by atoms with Gasteiger partial charge in [-0.1, -0.05) is 114 Å². The molecule has 6 aromatic carbocycles. The Kier molecular flexibility index (Phi) is 9.09. The van der Waals surface area contributed by atoms with Gasteiger partial charge in [-0.2, -0.15) is 0 Å². The summed E-state index contributed by atoms with van der Waals surface area (Å²) >= 11 is 0. The molecule has 0 saturated carbocycles. The lowest BCUT2D eigenvalue weighted by molar-refractivity contribution is 0.387.